The number of fused-ring (bicyclic) bond motifs is 1. The molecule has 0 amide bonds. The highest BCUT2D eigenvalue weighted by atomic mass is 79.9. The minimum absolute atomic E-state index is 0.182. The van der Waals surface area contributed by atoms with Crippen LogP contribution in [0.3, 0.4) is 0 Å². The van der Waals surface area contributed by atoms with Crippen LogP contribution in [-0.2, 0) is 6.42 Å². The second kappa shape index (κ2) is 4.61. The van der Waals surface area contributed by atoms with Gasteiger partial charge < -0.3 is 20.3 Å². The average molecular weight is 288 g/mol. The molecule has 0 aromatic heterocycles. The van der Waals surface area contributed by atoms with E-state index in [0.717, 1.165) is 27.8 Å². The number of hydrogen-bond acceptors (Lipinski definition) is 4. The molecule has 3 N–H and O–H groups in total. The van der Waals surface area contributed by atoms with Gasteiger partial charge in [-0.25, -0.2) is 0 Å². The van der Waals surface area contributed by atoms with Gasteiger partial charge in [0.05, 0.1) is 19.8 Å². The first kappa shape index (κ1) is 11.7. The number of rotatable bonds is 3. The van der Waals surface area contributed by atoms with Crippen molar-refractivity contribution in [2.45, 2.75) is 12.5 Å². The van der Waals surface area contributed by atoms with Crippen LogP contribution in [0.15, 0.2) is 10.5 Å². The van der Waals surface area contributed by atoms with Crippen molar-refractivity contribution in [3.63, 3.8) is 0 Å². The molecule has 4 nitrogen and oxygen atoms in total. The van der Waals surface area contributed by atoms with Crippen LogP contribution in [0.25, 0.3) is 0 Å². The second-order valence-corrected chi connectivity index (χ2v) is 4.43. The van der Waals surface area contributed by atoms with Gasteiger partial charge in [-0.05, 0) is 22.0 Å². The van der Waals surface area contributed by atoms with Crippen LogP contribution in [0.2, 0.25) is 0 Å². The smallest absolute Gasteiger partial charge is 0.165 e. The zero-order valence-electron chi connectivity index (χ0n) is 9.00. The van der Waals surface area contributed by atoms with E-state index in [1.165, 1.54) is 0 Å². The fraction of sp³-hybridized carbons (Fsp3) is 0.455. The summed E-state index contributed by atoms with van der Waals surface area (Å²) in [6.45, 7) is 0.827. The van der Waals surface area contributed by atoms with E-state index in [1.807, 2.05) is 0 Å². The lowest BCUT2D eigenvalue weighted by Crippen LogP contribution is -2.12. The Bertz CT molecular complexity index is 409. The summed E-state index contributed by atoms with van der Waals surface area (Å²) in [5.41, 5.74) is 7.26. The Morgan fingerprint density at radius 2 is 2.44 bits per heavy atom. The summed E-state index contributed by atoms with van der Waals surface area (Å²) in [6.07, 6.45) is 0.131. The van der Waals surface area contributed by atoms with Crippen molar-refractivity contribution in [1.29, 1.82) is 0 Å². The molecule has 0 saturated carbocycles. The topological polar surface area (TPSA) is 64.7 Å². The summed E-state index contributed by atoms with van der Waals surface area (Å²) >= 11 is 3.49. The Morgan fingerprint density at radius 1 is 1.69 bits per heavy atom. The van der Waals surface area contributed by atoms with E-state index in [9.17, 15) is 5.11 Å². The fourth-order valence-electron chi connectivity index (χ4n) is 1.85. The first-order valence-electron chi connectivity index (χ1n) is 5.09. The minimum atomic E-state index is -0.686. The van der Waals surface area contributed by atoms with E-state index in [-0.39, 0.29) is 6.54 Å². The summed E-state index contributed by atoms with van der Waals surface area (Å²) in [6, 6.07) is 1.77. The van der Waals surface area contributed by atoms with Gasteiger partial charge in [0.15, 0.2) is 11.5 Å². The number of aliphatic hydroxyl groups excluding tert-OH is 1. The number of methoxy groups -OCH3 is 1. The van der Waals surface area contributed by atoms with Gasteiger partial charge >= 0.3 is 0 Å². The van der Waals surface area contributed by atoms with Crippen LogP contribution >= 0.6 is 15.9 Å². The monoisotopic (exact) mass is 287 g/mol. The van der Waals surface area contributed by atoms with Crippen LogP contribution in [0.5, 0.6) is 11.5 Å². The Kier molecular flexibility index (Phi) is 3.37. The molecule has 1 aromatic rings. The Hall–Kier alpha value is -0.780. The molecule has 0 fully saturated rings. The molecule has 1 atom stereocenters. The molecule has 88 valence electrons. The lowest BCUT2D eigenvalue weighted by atomic mass is 10.0. The molecule has 1 heterocycles. The van der Waals surface area contributed by atoms with Gasteiger partial charge in [0, 0.05) is 28.6 Å². The summed E-state index contributed by atoms with van der Waals surface area (Å²) < 4.78 is 11.6. The summed E-state index contributed by atoms with van der Waals surface area (Å²) in [5, 5.41) is 9.81. The Balaban J connectivity index is 2.55. The summed E-state index contributed by atoms with van der Waals surface area (Å²) in [5.74, 6) is 1.42. The number of hydrogen-bond donors (Lipinski definition) is 2. The molecule has 16 heavy (non-hydrogen) atoms. The first-order chi connectivity index (χ1) is 7.69. The SMILES string of the molecule is COc1cc(C(O)CN)c(Br)c2c1OCC2. The van der Waals surface area contributed by atoms with Crippen LogP contribution in [0, 0.1) is 0 Å². The van der Waals surface area contributed by atoms with E-state index in [2.05, 4.69) is 15.9 Å². The van der Waals surface area contributed by atoms with Crippen LogP contribution in [0.4, 0.5) is 0 Å². The number of ether oxygens (including phenoxy) is 2. The molecule has 1 aliphatic heterocycles. The second-order valence-electron chi connectivity index (χ2n) is 3.64. The lowest BCUT2D eigenvalue weighted by Gasteiger charge is -2.15. The highest BCUT2D eigenvalue weighted by Crippen LogP contribution is 2.43. The third kappa shape index (κ3) is 1.79. The maximum atomic E-state index is 9.81. The number of nitrogens with two attached hydrogens (primary N) is 1. The molecule has 0 bridgehead atoms. The summed E-state index contributed by atoms with van der Waals surface area (Å²) in [4.78, 5) is 0. The van der Waals surface area contributed by atoms with E-state index in [4.69, 9.17) is 15.2 Å². The van der Waals surface area contributed by atoms with E-state index >= 15 is 0 Å². The standard InChI is InChI=1S/C11H14BrNO3/c1-15-9-4-7(8(14)5-13)10(12)6-2-3-16-11(6)9/h4,8,14H,2-3,5,13H2,1H3. The van der Waals surface area contributed by atoms with E-state index in [0.29, 0.717) is 12.4 Å². The minimum Gasteiger partial charge on any atom is -0.493 e. The van der Waals surface area contributed by atoms with Crippen molar-refractivity contribution >= 4 is 15.9 Å². The Labute approximate surface area is 102 Å². The van der Waals surface area contributed by atoms with Crippen molar-refractivity contribution in [1.82, 2.24) is 0 Å². The van der Waals surface area contributed by atoms with Crippen molar-refractivity contribution in [3.8, 4) is 11.5 Å². The van der Waals surface area contributed by atoms with Crippen molar-refractivity contribution in [3.05, 3.63) is 21.7 Å². The zero-order valence-corrected chi connectivity index (χ0v) is 10.6. The number of aliphatic hydroxyl groups is 1. The molecule has 2 rings (SSSR count). The van der Waals surface area contributed by atoms with Gasteiger partial charge in [-0.2, -0.15) is 0 Å². The molecular formula is C11H14BrNO3. The van der Waals surface area contributed by atoms with Crippen LogP contribution in [-0.4, -0.2) is 25.4 Å². The van der Waals surface area contributed by atoms with Gasteiger partial charge in [0.2, 0.25) is 0 Å². The summed E-state index contributed by atoms with van der Waals surface area (Å²) in [7, 11) is 1.59. The fourth-order valence-corrected chi connectivity index (χ4v) is 2.61. The molecule has 1 aliphatic rings. The maximum Gasteiger partial charge on any atom is 0.165 e. The lowest BCUT2D eigenvalue weighted by molar-refractivity contribution is 0.185. The largest absolute Gasteiger partial charge is 0.493 e. The highest BCUT2D eigenvalue weighted by molar-refractivity contribution is 9.10. The first-order valence-corrected chi connectivity index (χ1v) is 5.88. The third-order valence-electron chi connectivity index (χ3n) is 2.70. The predicted molar refractivity (Wildman–Crippen MR) is 63.9 cm³/mol. The average Bonchev–Trinajstić information content (AvgIpc) is 2.78. The van der Waals surface area contributed by atoms with Crippen molar-refractivity contribution in [2.24, 2.45) is 5.73 Å². The molecule has 0 radical (unpaired) electrons. The van der Waals surface area contributed by atoms with Crippen LogP contribution in [0.1, 0.15) is 17.2 Å². The normalized spacial score (nSPS) is 15.5. The van der Waals surface area contributed by atoms with Gasteiger partial charge in [0.25, 0.3) is 0 Å². The number of benzene rings is 1. The molecule has 1 unspecified atom stereocenters. The molecule has 0 aliphatic carbocycles. The van der Waals surface area contributed by atoms with Crippen molar-refractivity contribution in [2.75, 3.05) is 20.3 Å². The van der Waals surface area contributed by atoms with Gasteiger partial charge in [-0.15, -0.1) is 0 Å². The van der Waals surface area contributed by atoms with Gasteiger partial charge in [-0.1, -0.05) is 0 Å². The highest BCUT2D eigenvalue weighted by Gasteiger charge is 2.25. The van der Waals surface area contributed by atoms with Crippen molar-refractivity contribution < 1.29 is 14.6 Å². The molecule has 0 saturated heterocycles. The van der Waals surface area contributed by atoms with Gasteiger partial charge in [0.1, 0.15) is 0 Å². The van der Waals surface area contributed by atoms with E-state index < -0.39 is 6.10 Å². The van der Waals surface area contributed by atoms with E-state index in [1.54, 1.807) is 13.2 Å². The quantitative estimate of drug-likeness (QED) is 0.882. The third-order valence-corrected chi connectivity index (χ3v) is 3.64. The predicted octanol–water partition coefficient (Wildman–Crippen LogP) is 1.38. The Morgan fingerprint density at radius 3 is 3.06 bits per heavy atom. The molecule has 0 spiro atoms. The zero-order chi connectivity index (χ0) is 11.7. The van der Waals surface area contributed by atoms with Gasteiger partial charge in [-0.3, -0.25) is 0 Å². The molecular weight excluding hydrogens is 274 g/mol. The maximum absolute atomic E-state index is 9.81. The molecule has 1 aromatic carbocycles. The van der Waals surface area contributed by atoms with Crippen LogP contribution < -0.4 is 15.2 Å². The number of halogens is 1. The molecule has 5 heteroatoms.